The van der Waals surface area contributed by atoms with Crippen LogP contribution in [-0.4, -0.2) is 15.4 Å². The first-order chi connectivity index (χ1) is 12.4. The topological polar surface area (TPSA) is 101 Å². The molecule has 3 aromatic heterocycles. The molecule has 0 amide bonds. The maximum atomic E-state index is 12.6. The van der Waals surface area contributed by atoms with Crippen LogP contribution in [0.25, 0.3) is 16.6 Å². The van der Waals surface area contributed by atoms with Gasteiger partial charge in [-0.25, -0.2) is 4.98 Å². The van der Waals surface area contributed by atoms with Crippen LogP contribution in [0.15, 0.2) is 35.4 Å². The second kappa shape index (κ2) is 7.48. The van der Waals surface area contributed by atoms with Crippen molar-refractivity contribution in [2.75, 3.05) is 5.73 Å². The molecule has 0 atom stereocenters. The molecule has 132 valence electrons. The van der Waals surface area contributed by atoms with Crippen molar-refractivity contribution in [3.8, 4) is 11.1 Å². The van der Waals surface area contributed by atoms with E-state index in [0.29, 0.717) is 5.82 Å². The van der Waals surface area contributed by atoms with Crippen molar-refractivity contribution < 1.29 is 61.3 Å². The van der Waals surface area contributed by atoms with Gasteiger partial charge in [0.1, 0.15) is 5.82 Å². The van der Waals surface area contributed by atoms with Crippen LogP contribution in [0.4, 0.5) is 5.82 Å². The van der Waals surface area contributed by atoms with Gasteiger partial charge in [-0.2, -0.15) is 0 Å². The maximum absolute atomic E-state index is 12.6. The van der Waals surface area contributed by atoms with E-state index in [1.807, 2.05) is 26.0 Å². The number of aryl methyl sites for hydroxylation is 2. The number of carboxylic acids is 1. The van der Waals surface area contributed by atoms with Gasteiger partial charge in [0, 0.05) is 18.0 Å². The molecule has 3 aromatic rings. The molecule has 0 saturated heterocycles. The van der Waals surface area contributed by atoms with E-state index in [4.69, 9.17) is 5.73 Å². The number of rotatable bonds is 3. The predicted molar refractivity (Wildman–Crippen MR) is 97.1 cm³/mol. The summed E-state index contributed by atoms with van der Waals surface area (Å²) >= 11 is 0. The molecular formula is C20H18KN3O3. The van der Waals surface area contributed by atoms with Gasteiger partial charge in [0.15, 0.2) is 0 Å². The molecule has 0 spiro atoms. The van der Waals surface area contributed by atoms with Crippen LogP contribution in [-0.2, 0) is 0 Å². The molecular weight excluding hydrogens is 369 g/mol. The number of fused-ring (bicyclic) bond motifs is 1. The molecule has 27 heavy (non-hydrogen) atoms. The Bertz CT molecular complexity index is 1130. The molecule has 0 aromatic carbocycles. The van der Waals surface area contributed by atoms with E-state index in [1.165, 1.54) is 10.5 Å². The quantitative estimate of drug-likeness (QED) is 0.570. The summed E-state index contributed by atoms with van der Waals surface area (Å²) in [5.41, 5.74) is 10.3. The number of hydrogen-bond acceptors (Lipinski definition) is 5. The van der Waals surface area contributed by atoms with Crippen LogP contribution < -0.4 is 67.8 Å². The summed E-state index contributed by atoms with van der Waals surface area (Å²) in [5, 5.41) is 11.4. The smallest absolute Gasteiger partial charge is 0.545 e. The monoisotopic (exact) mass is 387 g/mol. The van der Waals surface area contributed by atoms with Crippen LogP contribution in [0.3, 0.4) is 0 Å². The summed E-state index contributed by atoms with van der Waals surface area (Å²) < 4.78 is 1.43. The third kappa shape index (κ3) is 3.50. The molecule has 4 rings (SSSR count). The fourth-order valence-electron chi connectivity index (χ4n) is 3.49. The zero-order valence-electron chi connectivity index (χ0n) is 15.6. The van der Waals surface area contributed by atoms with Gasteiger partial charge >= 0.3 is 51.4 Å². The molecule has 6 nitrogen and oxygen atoms in total. The number of hydrogen-bond donors (Lipinski definition) is 1. The summed E-state index contributed by atoms with van der Waals surface area (Å²) in [5.74, 6) is -0.670. The van der Waals surface area contributed by atoms with E-state index in [-0.39, 0.29) is 62.9 Å². The third-order valence-corrected chi connectivity index (χ3v) is 5.08. The van der Waals surface area contributed by atoms with Crippen LogP contribution in [0, 0.1) is 13.8 Å². The van der Waals surface area contributed by atoms with E-state index >= 15 is 0 Å². The molecule has 0 radical (unpaired) electrons. The summed E-state index contributed by atoms with van der Waals surface area (Å²) in [6.45, 7) is 3.84. The fraction of sp³-hybridized carbons (Fsp3) is 0.250. The number of pyridine rings is 3. The molecule has 3 heterocycles. The fourth-order valence-corrected chi connectivity index (χ4v) is 3.49. The minimum Gasteiger partial charge on any atom is -0.545 e. The molecule has 1 fully saturated rings. The molecule has 1 saturated carbocycles. The Labute approximate surface area is 198 Å². The normalized spacial score (nSPS) is 13.4. The Morgan fingerprint density at radius 2 is 2.00 bits per heavy atom. The molecule has 1 aliphatic carbocycles. The number of nitrogens with two attached hydrogens (primary N) is 1. The Balaban J connectivity index is 0.00000210. The van der Waals surface area contributed by atoms with Crippen LogP contribution in [0.2, 0.25) is 0 Å². The van der Waals surface area contributed by atoms with E-state index in [1.54, 1.807) is 12.4 Å². The molecule has 0 aliphatic heterocycles. The predicted octanol–water partition coefficient (Wildman–Crippen LogP) is -1.19. The van der Waals surface area contributed by atoms with Gasteiger partial charge in [0.2, 0.25) is 0 Å². The number of carbonyl (C=O) groups excluding carboxylic acids is 1. The van der Waals surface area contributed by atoms with Crippen molar-refractivity contribution in [1.29, 1.82) is 0 Å². The van der Waals surface area contributed by atoms with Gasteiger partial charge in [-0.15, -0.1) is 0 Å². The standard InChI is InChI=1S/C20H19N3O3.K/c1-10-7-13(9-22-18(10)21)14-5-6-23-17(11(14)2)15(12-3-4-12)8-16(19(23)24)20(25)26;/h5-9,12H,3-4H2,1-2H3,(H2,21,22)(H,25,26);/q;+1/p-1. The van der Waals surface area contributed by atoms with Crippen molar-refractivity contribution in [2.45, 2.75) is 32.6 Å². The number of carboxylic acid groups (broad SMARTS) is 1. The Hall–Kier alpha value is -1.51. The molecule has 7 heteroatoms. The molecule has 0 bridgehead atoms. The minimum atomic E-state index is -1.44. The average molecular weight is 387 g/mol. The number of anilines is 1. The minimum absolute atomic E-state index is 0. The van der Waals surface area contributed by atoms with Crippen molar-refractivity contribution in [1.82, 2.24) is 9.38 Å². The molecule has 0 unspecified atom stereocenters. The Morgan fingerprint density at radius 1 is 1.30 bits per heavy atom. The zero-order chi connectivity index (χ0) is 18.6. The Kier molecular flexibility index (Phi) is 5.61. The first-order valence-electron chi connectivity index (χ1n) is 8.51. The van der Waals surface area contributed by atoms with Crippen molar-refractivity contribution >= 4 is 17.3 Å². The van der Waals surface area contributed by atoms with Crippen LogP contribution in [0.1, 0.15) is 45.8 Å². The molecule has 1 aliphatic rings. The number of aromatic carboxylic acids is 1. The maximum Gasteiger partial charge on any atom is 1.00 e. The second-order valence-corrected chi connectivity index (χ2v) is 6.88. The van der Waals surface area contributed by atoms with Gasteiger partial charge in [-0.05, 0) is 73.1 Å². The first kappa shape index (κ1) is 20.2. The summed E-state index contributed by atoms with van der Waals surface area (Å²) in [6.07, 6.45) is 5.33. The van der Waals surface area contributed by atoms with Crippen molar-refractivity contribution in [2.24, 2.45) is 0 Å². The summed E-state index contributed by atoms with van der Waals surface area (Å²) in [7, 11) is 0. The zero-order valence-corrected chi connectivity index (χ0v) is 18.7. The van der Waals surface area contributed by atoms with Crippen molar-refractivity contribution in [3.05, 3.63) is 63.2 Å². The van der Waals surface area contributed by atoms with Crippen LogP contribution in [0.5, 0.6) is 0 Å². The average Bonchev–Trinajstić information content (AvgIpc) is 3.43. The number of nitrogens with zero attached hydrogens (tertiary/aromatic N) is 2. The van der Waals surface area contributed by atoms with E-state index in [2.05, 4.69) is 4.98 Å². The SMILES string of the molecule is Cc1cc(-c2ccn3c(=O)c(C(=O)[O-])cc(C4CC4)c3c2C)cnc1N.[K+]. The van der Waals surface area contributed by atoms with E-state index in [9.17, 15) is 14.7 Å². The van der Waals surface area contributed by atoms with Gasteiger partial charge < -0.3 is 15.6 Å². The van der Waals surface area contributed by atoms with Gasteiger partial charge in [-0.1, -0.05) is 0 Å². The van der Waals surface area contributed by atoms with E-state index in [0.717, 1.165) is 46.2 Å². The van der Waals surface area contributed by atoms with Crippen LogP contribution >= 0.6 is 0 Å². The second-order valence-electron chi connectivity index (χ2n) is 6.88. The van der Waals surface area contributed by atoms with Crippen molar-refractivity contribution in [3.63, 3.8) is 0 Å². The summed E-state index contributed by atoms with van der Waals surface area (Å²) in [4.78, 5) is 28.2. The summed E-state index contributed by atoms with van der Waals surface area (Å²) in [6, 6.07) is 5.27. The van der Waals surface area contributed by atoms with Gasteiger partial charge in [-0.3, -0.25) is 9.20 Å². The van der Waals surface area contributed by atoms with Gasteiger partial charge in [0.25, 0.3) is 5.56 Å². The number of nitrogen functional groups attached to an aromatic ring is 1. The third-order valence-electron chi connectivity index (χ3n) is 5.08. The first-order valence-corrected chi connectivity index (χ1v) is 8.51. The largest absolute Gasteiger partial charge is 1.00 e. The number of carbonyl (C=O) groups is 1. The number of aromatic nitrogens is 2. The Morgan fingerprint density at radius 3 is 2.59 bits per heavy atom. The molecule has 2 N–H and O–H groups in total. The van der Waals surface area contributed by atoms with E-state index < -0.39 is 11.5 Å². The van der Waals surface area contributed by atoms with Gasteiger partial charge in [0.05, 0.1) is 17.0 Å².